The summed E-state index contributed by atoms with van der Waals surface area (Å²) in [7, 11) is 1.40. The predicted molar refractivity (Wildman–Crippen MR) is 81.3 cm³/mol. The number of para-hydroxylation sites is 1. The van der Waals surface area contributed by atoms with E-state index in [0.29, 0.717) is 24.2 Å². The van der Waals surface area contributed by atoms with Crippen LogP contribution in [0.5, 0.6) is 11.5 Å². The van der Waals surface area contributed by atoms with Gasteiger partial charge < -0.3 is 14.8 Å². The van der Waals surface area contributed by atoms with Gasteiger partial charge in [0.25, 0.3) is 0 Å². The lowest BCUT2D eigenvalue weighted by Gasteiger charge is -2.15. The summed E-state index contributed by atoms with van der Waals surface area (Å²) in [5.74, 6) is 0.0178. The molecule has 23 heavy (non-hydrogen) atoms. The Hall–Kier alpha value is -2.21. The Morgan fingerprint density at radius 1 is 1.13 bits per heavy atom. The molecule has 0 bridgehead atoms. The number of rotatable bonds is 7. The van der Waals surface area contributed by atoms with Crippen LogP contribution in [0.15, 0.2) is 36.4 Å². The van der Waals surface area contributed by atoms with Crippen LogP contribution in [0.2, 0.25) is 0 Å². The number of alkyl halides is 2. The monoisotopic (exact) mass is 325 g/mol. The van der Waals surface area contributed by atoms with E-state index in [0.717, 1.165) is 5.56 Å². The Morgan fingerprint density at radius 3 is 2.57 bits per heavy atom. The van der Waals surface area contributed by atoms with Gasteiger partial charge in [0.2, 0.25) is 0 Å². The number of ether oxygens (including phenoxy) is 2. The van der Waals surface area contributed by atoms with Crippen LogP contribution in [0, 0.1) is 12.7 Å². The molecule has 3 nitrogen and oxygen atoms in total. The van der Waals surface area contributed by atoms with Gasteiger partial charge in [0.05, 0.1) is 7.11 Å². The number of halogens is 3. The lowest BCUT2D eigenvalue weighted by Crippen LogP contribution is -2.15. The van der Waals surface area contributed by atoms with E-state index in [4.69, 9.17) is 4.74 Å². The van der Waals surface area contributed by atoms with Gasteiger partial charge in [-0.1, -0.05) is 24.3 Å². The third-order valence-corrected chi connectivity index (χ3v) is 3.35. The first-order chi connectivity index (χ1) is 11.0. The Bertz CT molecular complexity index is 662. The van der Waals surface area contributed by atoms with E-state index in [1.54, 1.807) is 37.3 Å². The normalized spacial score (nSPS) is 10.9. The van der Waals surface area contributed by atoms with Crippen molar-refractivity contribution in [3.05, 3.63) is 58.9 Å². The molecule has 0 atom stereocenters. The number of nitrogens with one attached hydrogen (secondary N) is 1. The van der Waals surface area contributed by atoms with E-state index in [9.17, 15) is 13.2 Å². The topological polar surface area (TPSA) is 30.5 Å². The van der Waals surface area contributed by atoms with Gasteiger partial charge in [-0.15, -0.1) is 0 Å². The molecule has 0 heterocycles. The van der Waals surface area contributed by atoms with Crippen molar-refractivity contribution >= 4 is 0 Å². The highest BCUT2D eigenvalue weighted by Gasteiger charge is 2.15. The minimum absolute atomic E-state index is 0.0211. The zero-order chi connectivity index (χ0) is 16.8. The van der Waals surface area contributed by atoms with Crippen molar-refractivity contribution in [1.82, 2.24) is 5.32 Å². The first-order valence-corrected chi connectivity index (χ1v) is 7.07. The van der Waals surface area contributed by atoms with E-state index in [2.05, 4.69) is 10.1 Å². The standard InChI is InChI=1S/C17H18F3NO2/c1-11-8-12(6-7-14(11)18)9-21-10-13-4-3-5-15(22-2)16(13)23-17(19)20/h3-8,17,21H,9-10H2,1-2H3. The molecule has 0 radical (unpaired) electrons. The predicted octanol–water partition coefficient (Wildman–Crippen LogP) is 4.03. The van der Waals surface area contributed by atoms with E-state index in [1.807, 2.05) is 0 Å². The Kier molecular flexibility index (Phi) is 5.87. The highest BCUT2D eigenvalue weighted by Crippen LogP contribution is 2.32. The SMILES string of the molecule is COc1cccc(CNCc2ccc(F)c(C)c2)c1OC(F)F. The van der Waals surface area contributed by atoms with Crippen molar-refractivity contribution in [2.24, 2.45) is 0 Å². The fourth-order valence-corrected chi connectivity index (χ4v) is 2.24. The fourth-order valence-electron chi connectivity index (χ4n) is 2.24. The van der Waals surface area contributed by atoms with Crippen LogP contribution in [0.25, 0.3) is 0 Å². The average Bonchev–Trinajstić information content (AvgIpc) is 2.51. The van der Waals surface area contributed by atoms with Crippen molar-refractivity contribution in [2.45, 2.75) is 26.6 Å². The molecule has 0 unspecified atom stereocenters. The van der Waals surface area contributed by atoms with Crippen molar-refractivity contribution in [3.8, 4) is 11.5 Å². The highest BCUT2D eigenvalue weighted by atomic mass is 19.3. The minimum Gasteiger partial charge on any atom is -0.493 e. The Labute approximate surface area is 133 Å². The second-order valence-corrected chi connectivity index (χ2v) is 5.01. The van der Waals surface area contributed by atoms with Crippen molar-refractivity contribution in [1.29, 1.82) is 0 Å². The molecule has 0 aliphatic heterocycles. The summed E-state index contributed by atoms with van der Waals surface area (Å²) >= 11 is 0. The van der Waals surface area contributed by atoms with Crippen LogP contribution in [0.1, 0.15) is 16.7 Å². The zero-order valence-electron chi connectivity index (χ0n) is 12.9. The number of methoxy groups -OCH3 is 1. The zero-order valence-corrected chi connectivity index (χ0v) is 12.9. The van der Waals surface area contributed by atoms with Crippen LogP contribution in [0.4, 0.5) is 13.2 Å². The highest BCUT2D eigenvalue weighted by molar-refractivity contribution is 5.46. The first-order valence-electron chi connectivity index (χ1n) is 7.07. The van der Waals surface area contributed by atoms with Gasteiger partial charge >= 0.3 is 6.61 Å². The van der Waals surface area contributed by atoms with Crippen LogP contribution >= 0.6 is 0 Å². The van der Waals surface area contributed by atoms with E-state index in [1.165, 1.54) is 13.2 Å². The molecule has 6 heteroatoms. The molecule has 124 valence electrons. The van der Waals surface area contributed by atoms with Gasteiger partial charge in [0, 0.05) is 18.7 Å². The molecule has 0 aromatic heterocycles. The molecule has 2 aromatic carbocycles. The molecule has 0 fully saturated rings. The summed E-state index contributed by atoms with van der Waals surface area (Å²) in [4.78, 5) is 0. The number of aryl methyl sites for hydroxylation is 1. The van der Waals surface area contributed by atoms with Gasteiger partial charge in [-0.25, -0.2) is 4.39 Å². The Balaban J connectivity index is 2.06. The first kappa shape index (κ1) is 17.1. The summed E-state index contributed by atoms with van der Waals surface area (Å²) in [5.41, 5.74) is 2.03. The molecular formula is C17H18F3NO2. The summed E-state index contributed by atoms with van der Waals surface area (Å²) in [5, 5.41) is 3.13. The van der Waals surface area contributed by atoms with Gasteiger partial charge in [-0.05, 0) is 30.2 Å². The minimum atomic E-state index is -2.93. The molecule has 0 spiro atoms. The van der Waals surface area contributed by atoms with Crippen molar-refractivity contribution in [2.75, 3.05) is 7.11 Å². The van der Waals surface area contributed by atoms with Gasteiger partial charge in [-0.3, -0.25) is 0 Å². The number of hydrogen-bond acceptors (Lipinski definition) is 3. The Morgan fingerprint density at radius 2 is 1.91 bits per heavy atom. The van der Waals surface area contributed by atoms with Crippen LogP contribution in [-0.2, 0) is 13.1 Å². The second kappa shape index (κ2) is 7.87. The van der Waals surface area contributed by atoms with Crippen LogP contribution in [-0.4, -0.2) is 13.7 Å². The molecule has 2 aromatic rings. The van der Waals surface area contributed by atoms with Gasteiger partial charge in [-0.2, -0.15) is 8.78 Å². The van der Waals surface area contributed by atoms with Crippen molar-refractivity contribution < 1.29 is 22.6 Å². The molecule has 0 saturated heterocycles. The van der Waals surface area contributed by atoms with E-state index < -0.39 is 6.61 Å². The summed E-state index contributed by atoms with van der Waals surface area (Å²) < 4.78 is 47.9. The molecule has 0 aliphatic carbocycles. The van der Waals surface area contributed by atoms with E-state index >= 15 is 0 Å². The van der Waals surface area contributed by atoms with Crippen molar-refractivity contribution in [3.63, 3.8) is 0 Å². The fraction of sp³-hybridized carbons (Fsp3) is 0.294. The number of benzene rings is 2. The quantitative estimate of drug-likeness (QED) is 0.833. The van der Waals surface area contributed by atoms with Gasteiger partial charge in [0.15, 0.2) is 11.5 Å². The van der Waals surface area contributed by atoms with Crippen LogP contribution in [0.3, 0.4) is 0 Å². The number of hydrogen-bond donors (Lipinski definition) is 1. The maximum absolute atomic E-state index is 13.2. The average molecular weight is 325 g/mol. The largest absolute Gasteiger partial charge is 0.493 e. The molecule has 0 amide bonds. The lowest BCUT2D eigenvalue weighted by molar-refractivity contribution is -0.0518. The molecule has 2 rings (SSSR count). The van der Waals surface area contributed by atoms with Gasteiger partial charge in [0.1, 0.15) is 5.82 Å². The summed E-state index contributed by atoms with van der Waals surface area (Å²) in [6.45, 7) is -0.442. The molecular weight excluding hydrogens is 307 g/mol. The maximum Gasteiger partial charge on any atom is 0.387 e. The third kappa shape index (κ3) is 4.63. The molecule has 0 saturated carbocycles. The smallest absolute Gasteiger partial charge is 0.387 e. The molecule has 1 N–H and O–H groups in total. The maximum atomic E-state index is 13.2. The summed E-state index contributed by atoms with van der Waals surface area (Å²) in [6.07, 6.45) is 0. The summed E-state index contributed by atoms with van der Waals surface area (Å²) in [6, 6.07) is 9.77. The van der Waals surface area contributed by atoms with E-state index in [-0.39, 0.29) is 17.3 Å². The third-order valence-electron chi connectivity index (χ3n) is 3.35. The second-order valence-electron chi connectivity index (χ2n) is 5.01. The van der Waals surface area contributed by atoms with Crippen LogP contribution < -0.4 is 14.8 Å². The molecule has 0 aliphatic rings. The lowest BCUT2D eigenvalue weighted by atomic mass is 10.1.